The molecular formula is C19H19N3O2. The van der Waals surface area contributed by atoms with E-state index in [1.165, 1.54) is 12.5 Å². The molecule has 5 heteroatoms. The van der Waals surface area contributed by atoms with Crippen LogP contribution in [-0.4, -0.2) is 33.7 Å². The molecule has 122 valence electrons. The Morgan fingerprint density at radius 1 is 1.17 bits per heavy atom. The van der Waals surface area contributed by atoms with Gasteiger partial charge in [-0.3, -0.25) is 14.7 Å². The van der Waals surface area contributed by atoms with Crippen molar-refractivity contribution in [3.05, 3.63) is 60.4 Å². The number of piperidine rings is 1. The molecule has 0 bridgehead atoms. The molecule has 1 aromatic carbocycles. The molecule has 0 aliphatic carbocycles. The Hall–Kier alpha value is -2.53. The molecule has 0 atom stereocenters. The second kappa shape index (κ2) is 6.53. The number of fused-ring (bicyclic) bond motifs is 1. The number of aromatic nitrogens is 2. The number of para-hydroxylation sites is 1. The minimum absolute atomic E-state index is 0.0180. The van der Waals surface area contributed by atoms with Gasteiger partial charge < -0.3 is 4.42 Å². The van der Waals surface area contributed by atoms with Crippen LogP contribution in [0.4, 0.5) is 0 Å². The average Bonchev–Trinajstić information content (AvgIpc) is 3.16. The fourth-order valence-corrected chi connectivity index (χ4v) is 3.30. The SMILES string of the molecule is O=C(c1ncco1)C1CCN(Cc2ccc3ccccc3n2)CC1. The first-order chi connectivity index (χ1) is 11.8. The molecule has 0 spiro atoms. The standard InChI is InChI=1S/C19H19N3O2/c23-18(19-20-9-12-24-19)15-7-10-22(11-8-15)13-16-6-5-14-3-1-2-4-17(14)21-16/h1-6,9,12,15H,7-8,10-11,13H2. The van der Waals surface area contributed by atoms with Crippen molar-refractivity contribution in [2.45, 2.75) is 19.4 Å². The molecule has 1 aliphatic heterocycles. The molecule has 5 nitrogen and oxygen atoms in total. The lowest BCUT2D eigenvalue weighted by atomic mass is 9.92. The monoisotopic (exact) mass is 321 g/mol. The summed E-state index contributed by atoms with van der Waals surface area (Å²) in [6, 6.07) is 12.4. The fraction of sp³-hybridized carbons (Fsp3) is 0.316. The van der Waals surface area contributed by atoms with Crippen LogP contribution in [0.1, 0.15) is 29.2 Å². The van der Waals surface area contributed by atoms with Crippen molar-refractivity contribution < 1.29 is 9.21 Å². The number of rotatable bonds is 4. The summed E-state index contributed by atoms with van der Waals surface area (Å²) in [5.41, 5.74) is 2.11. The summed E-state index contributed by atoms with van der Waals surface area (Å²) in [4.78, 5) is 23.3. The number of nitrogens with zero attached hydrogens (tertiary/aromatic N) is 3. The van der Waals surface area contributed by atoms with Gasteiger partial charge >= 0.3 is 0 Å². The van der Waals surface area contributed by atoms with Crippen LogP contribution in [0.2, 0.25) is 0 Å². The Labute approximate surface area is 140 Å². The largest absolute Gasteiger partial charge is 0.442 e. The van der Waals surface area contributed by atoms with Crippen LogP contribution in [0.15, 0.2) is 53.3 Å². The first-order valence-electron chi connectivity index (χ1n) is 8.30. The molecule has 0 amide bonds. The summed E-state index contributed by atoms with van der Waals surface area (Å²) in [5, 5.41) is 1.16. The van der Waals surface area contributed by atoms with Gasteiger partial charge in [-0.1, -0.05) is 24.3 Å². The van der Waals surface area contributed by atoms with Gasteiger partial charge in [0.25, 0.3) is 5.89 Å². The van der Waals surface area contributed by atoms with Crippen LogP contribution in [0.5, 0.6) is 0 Å². The van der Waals surface area contributed by atoms with Gasteiger partial charge in [0.1, 0.15) is 6.26 Å². The van der Waals surface area contributed by atoms with Crippen LogP contribution in [0, 0.1) is 5.92 Å². The number of carbonyl (C=O) groups excluding carboxylic acids is 1. The molecule has 0 unspecified atom stereocenters. The maximum Gasteiger partial charge on any atom is 0.263 e. The first-order valence-corrected chi connectivity index (χ1v) is 8.30. The molecule has 3 heterocycles. The zero-order valence-corrected chi connectivity index (χ0v) is 13.4. The van der Waals surface area contributed by atoms with E-state index in [4.69, 9.17) is 9.40 Å². The summed E-state index contributed by atoms with van der Waals surface area (Å²) < 4.78 is 5.13. The minimum Gasteiger partial charge on any atom is -0.442 e. The van der Waals surface area contributed by atoms with Gasteiger partial charge in [0.05, 0.1) is 17.4 Å². The smallest absolute Gasteiger partial charge is 0.263 e. The number of Topliss-reactive ketones (excluding diaryl/α,β-unsaturated/α-hetero) is 1. The Morgan fingerprint density at radius 2 is 2.00 bits per heavy atom. The fourth-order valence-electron chi connectivity index (χ4n) is 3.30. The summed E-state index contributed by atoms with van der Waals surface area (Å²) in [5.74, 6) is 0.289. The van der Waals surface area contributed by atoms with Gasteiger partial charge in [-0.05, 0) is 38.1 Å². The van der Waals surface area contributed by atoms with Crippen LogP contribution in [0.3, 0.4) is 0 Å². The van der Waals surface area contributed by atoms with Crippen LogP contribution in [-0.2, 0) is 6.54 Å². The maximum atomic E-state index is 12.3. The lowest BCUT2D eigenvalue weighted by molar-refractivity contribution is 0.0798. The average molecular weight is 321 g/mol. The van der Waals surface area contributed by atoms with E-state index in [2.05, 4.69) is 28.1 Å². The highest BCUT2D eigenvalue weighted by Gasteiger charge is 2.28. The predicted molar refractivity (Wildman–Crippen MR) is 90.6 cm³/mol. The van der Waals surface area contributed by atoms with Gasteiger partial charge in [0, 0.05) is 17.8 Å². The molecule has 0 N–H and O–H groups in total. The molecule has 1 fully saturated rings. The van der Waals surface area contributed by atoms with E-state index in [1.54, 1.807) is 0 Å². The van der Waals surface area contributed by atoms with Gasteiger partial charge in [-0.15, -0.1) is 0 Å². The predicted octanol–water partition coefficient (Wildman–Crippen LogP) is 3.32. The Kier molecular flexibility index (Phi) is 4.09. The van der Waals surface area contributed by atoms with Crippen LogP contribution in [0.25, 0.3) is 10.9 Å². The number of carbonyl (C=O) groups is 1. The summed E-state index contributed by atoms with van der Waals surface area (Å²) in [7, 11) is 0. The Morgan fingerprint density at radius 3 is 2.79 bits per heavy atom. The molecular weight excluding hydrogens is 302 g/mol. The molecule has 1 saturated heterocycles. The highest BCUT2D eigenvalue weighted by Crippen LogP contribution is 2.22. The van der Waals surface area contributed by atoms with E-state index >= 15 is 0 Å². The van der Waals surface area contributed by atoms with Crippen molar-refractivity contribution in [1.82, 2.24) is 14.9 Å². The van der Waals surface area contributed by atoms with Gasteiger partial charge in [0.15, 0.2) is 0 Å². The molecule has 2 aromatic heterocycles. The molecule has 24 heavy (non-hydrogen) atoms. The summed E-state index contributed by atoms with van der Waals surface area (Å²) in [6.07, 6.45) is 4.66. The van der Waals surface area contributed by atoms with Gasteiger partial charge in [-0.2, -0.15) is 0 Å². The Bertz CT molecular complexity index is 837. The zero-order valence-electron chi connectivity index (χ0n) is 13.4. The van der Waals surface area contributed by atoms with Crippen molar-refractivity contribution in [1.29, 1.82) is 0 Å². The van der Waals surface area contributed by atoms with E-state index in [1.807, 2.05) is 18.2 Å². The number of oxazole rings is 1. The van der Waals surface area contributed by atoms with Crippen molar-refractivity contribution in [3.8, 4) is 0 Å². The molecule has 1 aliphatic rings. The molecule has 3 aromatic rings. The van der Waals surface area contributed by atoms with E-state index in [9.17, 15) is 4.79 Å². The van der Waals surface area contributed by atoms with Gasteiger partial charge in [0.2, 0.25) is 5.78 Å². The summed E-state index contributed by atoms with van der Waals surface area (Å²) in [6.45, 7) is 2.61. The number of hydrogen-bond donors (Lipinski definition) is 0. The second-order valence-electron chi connectivity index (χ2n) is 6.25. The molecule has 0 radical (unpaired) electrons. The van der Waals surface area contributed by atoms with Crippen molar-refractivity contribution in [2.75, 3.05) is 13.1 Å². The van der Waals surface area contributed by atoms with E-state index in [0.29, 0.717) is 0 Å². The third kappa shape index (κ3) is 3.08. The third-order valence-corrected chi connectivity index (χ3v) is 4.64. The minimum atomic E-state index is 0.0180. The highest BCUT2D eigenvalue weighted by atomic mass is 16.3. The molecule has 0 saturated carbocycles. The number of benzene rings is 1. The number of ketones is 1. The third-order valence-electron chi connectivity index (χ3n) is 4.64. The van der Waals surface area contributed by atoms with Crippen molar-refractivity contribution in [2.24, 2.45) is 5.92 Å². The molecule has 4 rings (SSSR count). The normalized spacial score (nSPS) is 16.5. The quantitative estimate of drug-likeness (QED) is 0.690. The van der Waals surface area contributed by atoms with Crippen molar-refractivity contribution >= 4 is 16.7 Å². The van der Waals surface area contributed by atoms with Crippen LogP contribution >= 0.6 is 0 Å². The first kappa shape index (κ1) is 15.0. The lowest BCUT2D eigenvalue weighted by Gasteiger charge is -2.30. The van der Waals surface area contributed by atoms with Crippen LogP contribution < -0.4 is 0 Å². The van der Waals surface area contributed by atoms with Gasteiger partial charge in [-0.25, -0.2) is 4.98 Å². The number of pyridine rings is 1. The Balaban J connectivity index is 1.38. The maximum absolute atomic E-state index is 12.3. The second-order valence-corrected chi connectivity index (χ2v) is 6.25. The highest BCUT2D eigenvalue weighted by molar-refractivity contribution is 5.93. The van der Waals surface area contributed by atoms with E-state index < -0.39 is 0 Å². The van der Waals surface area contributed by atoms with E-state index in [0.717, 1.165) is 49.1 Å². The topological polar surface area (TPSA) is 59.2 Å². The zero-order chi connectivity index (χ0) is 16.4. The van der Waals surface area contributed by atoms with Crippen molar-refractivity contribution in [3.63, 3.8) is 0 Å². The van der Waals surface area contributed by atoms with E-state index in [-0.39, 0.29) is 17.6 Å². The number of hydrogen-bond acceptors (Lipinski definition) is 5. The lowest BCUT2D eigenvalue weighted by Crippen LogP contribution is -2.36. The summed E-state index contributed by atoms with van der Waals surface area (Å²) >= 11 is 0. The number of likely N-dealkylation sites (tertiary alicyclic amines) is 1.